The average Bonchev–Trinajstić information content (AvgIpc) is 2.91. The Balaban J connectivity index is 1.11. The van der Waals surface area contributed by atoms with Gasteiger partial charge in [-0.15, -0.1) is 0 Å². The van der Waals surface area contributed by atoms with Crippen LogP contribution in [0.15, 0.2) is 66.7 Å². The Morgan fingerprint density at radius 2 is 1.89 bits per heavy atom. The Morgan fingerprint density at radius 3 is 2.68 bits per heavy atom. The maximum atomic E-state index is 11.3. The van der Waals surface area contributed by atoms with Crippen LogP contribution >= 0.6 is 0 Å². The largest absolute Gasteiger partial charge is 0.491 e. The van der Waals surface area contributed by atoms with Crippen molar-refractivity contribution >= 4 is 5.91 Å². The summed E-state index contributed by atoms with van der Waals surface area (Å²) in [6, 6.07) is 20.8. The van der Waals surface area contributed by atoms with E-state index in [0.29, 0.717) is 38.5 Å². The number of hydrogen-bond acceptors (Lipinski definition) is 7. The van der Waals surface area contributed by atoms with Crippen molar-refractivity contribution in [2.24, 2.45) is 5.73 Å². The third-order valence-electron chi connectivity index (χ3n) is 6.23. The van der Waals surface area contributed by atoms with Crippen molar-refractivity contribution < 1.29 is 28.8 Å². The van der Waals surface area contributed by atoms with E-state index in [-0.39, 0.29) is 0 Å². The average molecular weight is 521 g/mol. The van der Waals surface area contributed by atoms with Gasteiger partial charge in [-0.25, -0.2) is 0 Å². The normalized spacial score (nSPS) is 14.8. The summed E-state index contributed by atoms with van der Waals surface area (Å²) >= 11 is 0. The molecule has 0 bridgehead atoms. The van der Waals surface area contributed by atoms with Gasteiger partial charge in [0.25, 0.3) is 0 Å². The number of rotatable bonds is 13. The minimum absolute atomic E-state index is 0.388. The molecule has 1 unspecified atom stereocenters. The van der Waals surface area contributed by atoms with Crippen LogP contribution in [0.5, 0.6) is 11.5 Å². The molecule has 1 aliphatic rings. The first-order valence-corrected chi connectivity index (χ1v) is 12.8. The second kappa shape index (κ2) is 12.9. The van der Waals surface area contributed by atoms with E-state index in [1.54, 1.807) is 18.2 Å². The zero-order valence-electron chi connectivity index (χ0n) is 21.9. The van der Waals surface area contributed by atoms with E-state index in [9.17, 15) is 9.90 Å². The third-order valence-corrected chi connectivity index (χ3v) is 6.23. The molecule has 1 aliphatic heterocycles. The SMILES string of the molecule is CC1(C)OCc2cc(C(O)CNCCc3ccc(OCCOCc4cccc(C(N)=O)c4)cc3)ccc2O1. The third kappa shape index (κ3) is 8.03. The predicted octanol–water partition coefficient (Wildman–Crippen LogP) is 3.89. The van der Waals surface area contributed by atoms with Gasteiger partial charge in [0.1, 0.15) is 18.1 Å². The second-order valence-electron chi connectivity index (χ2n) is 9.74. The molecule has 38 heavy (non-hydrogen) atoms. The molecule has 0 radical (unpaired) electrons. The minimum atomic E-state index is -0.629. The summed E-state index contributed by atoms with van der Waals surface area (Å²) < 4.78 is 22.9. The van der Waals surface area contributed by atoms with E-state index in [2.05, 4.69) is 5.32 Å². The molecular formula is C30H36N2O6. The fraction of sp³-hybridized carbons (Fsp3) is 0.367. The smallest absolute Gasteiger partial charge is 0.248 e. The first kappa shape index (κ1) is 27.6. The first-order valence-electron chi connectivity index (χ1n) is 12.8. The van der Waals surface area contributed by atoms with Crippen LogP contribution in [0.2, 0.25) is 0 Å². The van der Waals surface area contributed by atoms with Crippen molar-refractivity contribution in [1.29, 1.82) is 0 Å². The summed E-state index contributed by atoms with van der Waals surface area (Å²) in [6.07, 6.45) is 0.224. The summed E-state index contributed by atoms with van der Waals surface area (Å²) in [6.45, 7) is 6.68. The number of ether oxygens (including phenoxy) is 4. The van der Waals surface area contributed by atoms with Gasteiger partial charge in [-0.05, 0) is 66.1 Å². The minimum Gasteiger partial charge on any atom is -0.491 e. The highest BCUT2D eigenvalue weighted by Crippen LogP contribution is 2.32. The Bertz CT molecular complexity index is 1210. The molecule has 1 atom stereocenters. The van der Waals surface area contributed by atoms with Gasteiger partial charge in [-0.2, -0.15) is 0 Å². The van der Waals surface area contributed by atoms with Crippen molar-refractivity contribution in [3.05, 3.63) is 94.5 Å². The van der Waals surface area contributed by atoms with Crippen molar-refractivity contribution in [1.82, 2.24) is 5.32 Å². The van der Waals surface area contributed by atoms with Crippen LogP contribution in [-0.4, -0.2) is 43.1 Å². The van der Waals surface area contributed by atoms with Crippen LogP contribution in [0.1, 0.15) is 52.6 Å². The summed E-state index contributed by atoms with van der Waals surface area (Å²) in [5.74, 6) is 0.502. The summed E-state index contributed by atoms with van der Waals surface area (Å²) in [4.78, 5) is 11.3. The monoisotopic (exact) mass is 520 g/mol. The molecule has 1 heterocycles. The Hall–Kier alpha value is -3.43. The van der Waals surface area contributed by atoms with Crippen LogP contribution in [-0.2, 0) is 29.1 Å². The van der Waals surface area contributed by atoms with Gasteiger partial charge in [0.15, 0.2) is 0 Å². The van der Waals surface area contributed by atoms with Crippen LogP contribution < -0.4 is 20.5 Å². The van der Waals surface area contributed by atoms with E-state index >= 15 is 0 Å². The first-order chi connectivity index (χ1) is 18.3. The van der Waals surface area contributed by atoms with E-state index in [1.807, 2.05) is 62.4 Å². The van der Waals surface area contributed by atoms with Gasteiger partial charge in [-0.3, -0.25) is 4.79 Å². The van der Waals surface area contributed by atoms with Crippen LogP contribution in [0.25, 0.3) is 0 Å². The molecule has 0 saturated carbocycles. The summed E-state index contributed by atoms with van der Waals surface area (Å²) in [7, 11) is 0. The lowest BCUT2D eigenvalue weighted by molar-refractivity contribution is -0.180. The highest BCUT2D eigenvalue weighted by molar-refractivity contribution is 5.92. The number of carbonyl (C=O) groups excluding carboxylic acids is 1. The van der Waals surface area contributed by atoms with Crippen LogP contribution in [0.4, 0.5) is 0 Å². The molecule has 0 fully saturated rings. The lowest BCUT2D eigenvalue weighted by Gasteiger charge is -2.33. The molecule has 4 N–H and O–H groups in total. The van der Waals surface area contributed by atoms with Gasteiger partial charge < -0.3 is 35.1 Å². The molecule has 3 aromatic rings. The fourth-order valence-corrected chi connectivity index (χ4v) is 4.13. The Labute approximate surface area is 223 Å². The summed E-state index contributed by atoms with van der Waals surface area (Å²) in [5.41, 5.74) is 9.63. The molecule has 0 aliphatic carbocycles. The van der Waals surface area contributed by atoms with Crippen LogP contribution in [0, 0.1) is 0 Å². The number of nitrogens with one attached hydrogen (secondary N) is 1. The van der Waals surface area contributed by atoms with Gasteiger partial charge >= 0.3 is 0 Å². The maximum absolute atomic E-state index is 11.3. The van der Waals surface area contributed by atoms with Gasteiger partial charge in [-0.1, -0.05) is 30.3 Å². The molecular weight excluding hydrogens is 484 g/mol. The quantitative estimate of drug-likeness (QED) is 0.293. The van der Waals surface area contributed by atoms with Crippen molar-refractivity contribution in [2.45, 2.75) is 45.4 Å². The number of hydrogen-bond donors (Lipinski definition) is 3. The van der Waals surface area contributed by atoms with Gasteiger partial charge in [0.2, 0.25) is 11.7 Å². The van der Waals surface area contributed by atoms with E-state index in [0.717, 1.165) is 41.2 Å². The summed E-state index contributed by atoms with van der Waals surface area (Å²) in [5, 5.41) is 13.9. The maximum Gasteiger partial charge on any atom is 0.248 e. The highest BCUT2D eigenvalue weighted by Gasteiger charge is 2.27. The van der Waals surface area contributed by atoms with E-state index in [4.69, 9.17) is 24.7 Å². The van der Waals surface area contributed by atoms with Crippen LogP contribution in [0.3, 0.4) is 0 Å². The Morgan fingerprint density at radius 1 is 1.08 bits per heavy atom. The molecule has 3 aromatic carbocycles. The second-order valence-corrected chi connectivity index (χ2v) is 9.74. The van der Waals surface area contributed by atoms with Gasteiger partial charge in [0, 0.05) is 31.5 Å². The van der Waals surface area contributed by atoms with E-state index < -0.39 is 17.8 Å². The van der Waals surface area contributed by atoms with E-state index in [1.165, 1.54) is 5.56 Å². The number of fused-ring (bicyclic) bond motifs is 1. The molecule has 0 spiro atoms. The zero-order chi connectivity index (χ0) is 27.0. The lowest BCUT2D eigenvalue weighted by atomic mass is 10.0. The number of nitrogens with two attached hydrogens (primary N) is 1. The number of benzene rings is 3. The standard InChI is InChI=1S/C30H36N2O6/c1-30(2)37-20-25-17-23(8-11-28(25)38-30)27(33)18-32-13-12-21-6-9-26(10-7-21)36-15-14-35-19-22-4-3-5-24(16-22)29(31)34/h3-11,16-17,27,32-33H,12-15,18-20H2,1-2H3,(H2,31,34). The number of amides is 1. The van der Waals surface area contributed by atoms with Crippen molar-refractivity contribution in [3.8, 4) is 11.5 Å². The van der Waals surface area contributed by atoms with Crippen molar-refractivity contribution in [2.75, 3.05) is 26.3 Å². The molecule has 8 nitrogen and oxygen atoms in total. The fourth-order valence-electron chi connectivity index (χ4n) is 4.13. The number of aliphatic hydroxyl groups excluding tert-OH is 1. The van der Waals surface area contributed by atoms with Gasteiger partial charge in [0.05, 0.1) is 25.9 Å². The Kier molecular flexibility index (Phi) is 9.36. The molecule has 1 amide bonds. The number of primary amides is 1. The molecule has 0 saturated heterocycles. The number of carbonyl (C=O) groups is 1. The highest BCUT2D eigenvalue weighted by atomic mass is 16.7. The lowest BCUT2D eigenvalue weighted by Crippen LogP contribution is -2.35. The molecule has 4 rings (SSSR count). The molecule has 8 heteroatoms. The predicted molar refractivity (Wildman–Crippen MR) is 144 cm³/mol. The topological polar surface area (TPSA) is 112 Å². The number of aliphatic hydroxyl groups is 1. The van der Waals surface area contributed by atoms with Crippen molar-refractivity contribution in [3.63, 3.8) is 0 Å². The molecule has 202 valence electrons. The zero-order valence-corrected chi connectivity index (χ0v) is 21.9. The molecule has 0 aromatic heterocycles.